The van der Waals surface area contributed by atoms with Crippen molar-refractivity contribution in [3.63, 3.8) is 0 Å². The second kappa shape index (κ2) is 6.16. The summed E-state index contributed by atoms with van der Waals surface area (Å²) in [5.41, 5.74) is 5.15. The number of ether oxygens (including phenoxy) is 1. The van der Waals surface area contributed by atoms with E-state index >= 15 is 0 Å². The maximum absolute atomic E-state index is 5.93. The number of nitrogens with zero attached hydrogens (tertiary/aromatic N) is 2. The molecular formula is C20H16N2O2. The van der Waals surface area contributed by atoms with Crippen molar-refractivity contribution in [1.82, 2.24) is 10.2 Å². The van der Waals surface area contributed by atoms with Crippen LogP contribution < -0.4 is 4.74 Å². The highest BCUT2D eigenvalue weighted by Crippen LogP contribution is 2.38. The summed E-state index contributed by atoms with van der Waals surface area (Å²) in [5, 5.41) is 8.78. The molecule has 4 rings (SSSR count). The van der Waals surface area contributed by atoms with Gasteiger partial charge in [-0.25, -0.2) is 0 Å². The van der Waals surface area contributed by atoms with Gasteiger partial charge >= 0.3 is 0 Å². The molecule has 0 saturated heterocycles. The van der Waals surface area contributed by atoms with E-state index in [1.54, 1.807) is 6.07 Å². The van der Waals surface area contributed by atoms with E-state index < -0.39 is 0 Å². The minimum absolute atomic E-state index is 0.462. The Kier molecular flexibility index (Phi) is 3.71. The van der Waals surface area contributed by atoms with Crippen LogP contribution in [-0.2, 0) is 0 Å². The Morgan fingerprint density at radius 3 is 2.21 bits per heavy atom. The monoisotopic (exact) mass is 316 g/mol. The van der Waals surface area contributed by atoms with Gasteiger partial charge in [0.25, 0.3) is 5.95 Å². The lowest BCUT2D eigenvalue weighted by Gasteiger charge is -2.08. The Morgan fingerprint density at radius 1 is 0.875 bits per heavy atom. The zero-order valence-corrected chi connectivity index (χ0v) is 13.3. The molecule has 118 valence electrons. The largest absolute Gasteiger partial charge is 0.465 e. The molecule has 4 aromatic rings. The van der Waals surface area contributed by atoms with Gasteiger partial charge in [-0.15, -0.1) is 10.2 Å². The molecule has 0 N–H and O–H groups in total. The van der Waals surface area contributed by atoms with E-state index in [0.29, 0.717) is 23.7 Å². The average Bonchev–Trinajstić information content (AvgIpc) is 3.05. The molecule has 0 fully saturated rings. The van der Waals surface area contributed by atoms with Gasteiger partial charge in [-0.3, -0.25) is 0 Å². The van der Waals surface area contributed by atoms with Gasteiger partial charge in [-0.1, -0.05) is 60.7 Å². The Labute approximate surface area is 139 Å². The Balaban J connectivity index is 2.02. The molecule has 0 unspecified atom stereocenters. The molecule has 0 bridgehead atoms. The molecular weight excluding hydrogens is 300 g/mol. The van der Waals surface area contributed by atoms with Gasteiger partial charge in [-0.05, 0) is 12.5 Å². The van der Waals surface area contributed by atoms with E-state index in [4.69, 9.17) is 9.15 Å². The van der Waals surface area contributed by atoms with Crippen molar-refractivity contribution in [2.45, 2.75) is 6.92 Å². The van der Waals surface area contributed by atoms with Crippen LogP contribution in [0.25, 0.3) is 33.5 Å². The molecule has 24 heavy (non-hydrogen) atoms. The van der Waals surface area contributed by atoms with Gasteiger partial charge in [0.15, 0.2) is 5.58 Å². The highest BCUT2D eigenvalue weighted by Gasteiger charge is 2.18. The SMILES string of the molecule is CCOc1cc2nnc(-c3ccccc3)c(-c3ccccc3)c2o1. The predicted molar refractivity (Wildman–Crippen MR) is 93.8 cm³/mol. The first-order valence-corrected chi connectivity index (χ1v) is 7.90. The molecule has 2 aromatic heterocycles. The maximum Gasteiger partial charge on any atom is 0.287 e. The van der Waals surface area contributed by atoms with Crippen LogP contribution in [0.15, 0.2) is 71.1 Å². The van der Waals surface area contributed by atoms with Crippen molar-refractivity contribution >= 4 is 11.1 Å². The van der Waals surface area contributed by atoms with E-state index in [-0.39, 0.29) is 0 Å². The second-order valence-electron chi connectivity index (χ2n) is 5.37. The Morgan fingerprint density at radius 2 is 1.54 bits per heavy atom. The molecule has 0 aliphatic rings. The zero-order chi connectivity index (χ0) is 16.4. The zero-order valence-electron chi connectivity index (χ0n) is 13.3. The van der Waals surface area contributed by atoms with Crippen LogP contribution in [0.3, 0.4) is 0 Å². The van der Waals surface area contributed by atoms with E-state index in [2.05, 4.69) is 10.2 Å². The summed E-state index contributed by atoms with van der Waals surface area (Å²) in [6, 6.07) is 21.9. The maximum atomic E-state index is 5.93. The average molecular weight is 316 g/mol. The first-order valence-electron chi connectivity index (χ1n) is 7.90. The molecule has 4 nitrogen and oxygen atoms in total. The summed E-state index contributed by atoms with van der Waals surface area (Å²) in [6.07, 6.45) is 0. The fraction of sp³-hybridized carbons (Fsp3) is 0.100. The third-order valence-corrected chi connectivity index (χ3v) is 3.81. The van der Waals surface area contributed by atoms with Gasteiger partial charge in [0, 0.05) is 5.56 Å². The Bertz CT molecular complexity index is 963. The van der Waals surface area contributed by atoms with Crippen molar-refractivity contribution in [2.75, 3.05) is 6.61 Å². The summed E-state index contributed by atoms with van der Waals surface area (Å²) in [6.45, 7) is 2.46. The van der Waals surface area contributed by atoms with Crippen LogP contribution in [0, 0.1) is 0 Å². The fourth-order valence-corrected chi connectivity index (χ4v) is 2.76. The van der Waals surface area contributed by atoms with Crippen molar-refractivity contribution in [1.29, 1.82) is 0 Å². The van der Waals surface area contributed by atoms with Crippen molar-refractivity contribution in [2.24, 2.45) is 0 Å². The van der Waals surface area contributed by atoms with Crippen LogP contribution in [-0.4, -0.2) is 16.8 Å². The molecule has 4 heteroatoms. The number of benzene rings is 2. The number of rotatable bonds is 4. The molecule has 0 atom stereocenters. The van der Waals surface area contributed by atoms with Crippen LogP contribution in [0.2, 0.25) is 0 Å². The Hall–Kier alpha value is -3.14. The van der Waals surface area contributed by atoms with E-state index in [1.165, 1.54) is 0 Å². The first kappa shape index (κ1) is 14.5. The lowest BCUT2D eigenvalue weighted by atomic mass is 9.99. The molecule has 0 aliphatic carbocycles. The third-order valence-electron chi connectivity index (χ3n) is 3.81. The number of hydrogen-bond acceptors (Lipinski definition) is 4. The third kappa shape index (κ3) is 2.52. The second-order valence-corrected chi connectivity index (χ2v) is 5.37. The van der Waals surface area contributed by atoms with Gasteiger partial charge < -0.3 is 9.15 Å². The van der Waals surface area contributed by atoms with Crippen molar-refractivity contribution in [3.8, 4) is 28.3 Å². The molecule has 0 amide bonds. The topological polar surface area (TPSA) is 48.2 Å². The lowest BCUT2D eigenvalue weighted by Crippen LogP contribution is -1.93. The fourth-order valence-electron chi connectivity index (χ4n) is 2.76. The van der Waals surface area contributed by atoms with Crippen LogP contribution >= 0.6 is 0 Å². The normalized spacial score (nSPS) is 10.9. The van der Waals surface area contributed by atoms with Crippen LogP contribution in [0.4, 0.5) is 0 Å². The standard InChI is InChI=1S/C20H16N2O2/c1-2-23-17-13-16-20(24-17)18(14-9-5-3-6-10-14)19(22-21-16)15-11-7-4-8-12-15/h3-13H,2H2,1H3. The highest BCUT2D eigenvalue weighted by molar-refractivity contribution is 5.97. The van der Waals surface area contributed by atoms with Gasteiger partial charge in [0.1, 0.15) is 11.2 Å². The van der Waals surface area contributed by atoms with Crippen LogP contribution in [0.1, 0.15) is 6.92 Å². The number of fused-ring (bicyclic) bond motifs is 1. The summed E-state index contributed by atoms with van der Waals surface area (Å²) in [4.78, 5) is 0. The van der Waals surface area contributed by atoms with Crippen LogP contribution in [0.5, 0.6) is 5.95 Å². The number of furan rings is 1. The number of hydrogen-bond donors (Lipinski definition) is 0. The van der Waals surface area contributed by atoms with E-state index in [9.17, 15) is 0 Å². The molecule has 0 saturated carbocycles. The van der Waals surface area contributed by atoms with E-state index in [1.807, 2.05) is 67.6 Å². The quantitative estimate of drug-likeness (QED) is 0.534. The summed E-state index contributed by atoms with van der Waals surface area (Å²) in [7, 11) is 0. The van der Waals surface area contributed by atoms with Gasteiger partial charge in [-0.2, -0.15) is 0 Å². The molecule has 0 radical (unpaired) electrons. The summed E-state index contributed by atoms with van der Waals surface area (Å²) < 4.78 is 11.4. The predicted octanol–water partition coefficient (Wildman–Crippen LogP) is 4.96. The summed E-state index contributed by atoms with van der Waals surface area (Å²) in [5.74, 6) is 0.462. The smallest absolute Gasteiger partial charge is 0.287 e. The minimum Gasteiger partial charge on any atom is -0.465 e. The van der Waals surface area contributed by atoms with Gasteiger partial charge in [0.2, 0.25) is 0 Å². The minimum atomic E-state index is 0.462. The first-order chi connectivity index (χ1) is 11.9. The van der Waals surface area contributed by atoms with Crippen molar-refractivity contribution in [3.05, 3.63) is 66.7 Å². The van der Waals surface area contributed by atoms with Gasteiger partial charge in [0.05, 0.1) is 18.2 Å². The number of aromatic nitrogens is 2. The molecule has 2 aromatic carbocycles. The van der Waals surface area contributed by atoms with E-state index in [0.717, 1.165) is 22.4 Å². The molecule has 0 spiro atoms. The lowest BCUT2D eigenvalue weighted by molar-refractivity contribution is 0.265. The molecule has 0 aliphatic heterocycles. The van der Waals surface area contributed by atoms with Crippen molar-refractivity contribution < 1.29 is 9.15 Å². The highest BCUT2D eigenvalue weighted by atomic mass is 16.6. The summed E-state index contributed by atoms with van der Waals surface area (Å²) >= 11 is 0. The molecule has 2 heterocycles.